The van der Waals surface area contributed by atoms with Crippen molar-refractivity contribution in [1.29, 1.82) is 0 Å². The van der Waals surface area contributed by atoms with Crippen LogP contribution in [-0.4, -0.2) is 23.9 Å². The normalized spacial score (nSPS) is 9.00. The molecule has 3 nitrogen and oxygen atoms in total. The molecule has 0 N–H and O–H groups in total. The summed E-state index contributed by atoms with van der Waals surface area (Å²) in [4.78, 5) is 11.9. The standard InChI is InChI=1S/C15H10O3.2C4H9.BrH.Sn/c16-13-11-8-4-5-9-12(11)18-15(14(13)17)10-6-2-1-3-7-10;2*1-3-4-2;;/h1-9,17H;2*1,3-4H2,2H3;1H;/q;;;;+2/p-2. The monoisotopic (exact) mass is 550 g/mol. The first-order valence-electron chi connectivity index (χ1n) is 8.97. The van der Waals surface area contributed by atoms with Crippen molar-refractivity contribution in [3.8, 4) is 17.1 Å². The van der Waals surface area contributed by atoms with E-state index >= 15 is 0 Å². The maximum Gasteiger partial charge on any atom is 2.00 e. The molecule has 2 aromatic carbocycles. The minimum atomic E-state index is -0.597. The Balaban J connectivity index is 0. The average molecular weight is 550 g/mol. The van der Waals surface area contributed by atoms with Crippen LogP contribution in [0.4, 0.5) is 0 Å². The van der Waals surface area contributed by atoms with Crippen molar-refractivity contribution >= 4 is 34.9 Å². The van der Waals surface area contributed by atoms with Gasteiger partial charge in [-0.05, 0) is 17.9 Å². The molecule has 0 saturated heterocycles. The first kappa shape index (κ1) is 28.9. The molecule has 1 aromatic heterocycles. The van der Waals surface area contributed by atoms with Crippen LogP contribution in [-0.2, 0) is 0 Å². The van der Waals surface area contributed by atoms with Crippen molar-refractivity contribution in [2.24, 2.45) is 0 Å². The molecule has 5 heteroatoms. The number of hydrogen-bond donors (Lipinski definition) is 0. The van der Waals surface area contributed by atoms with Crippen LogP contribution in [0, 0.1) is 13.8 Å². The van der Waals surface area contributed by atoms with E-state index in [0.29, 0.717) is 16.5 Å². The minimum absolute atomic E-state index is 0. The molecule has 3 aromatic rings. The molecular formula is C23H27BrO3Sn. The van der Waals surface area contributed by atoms with E-state index in [1.165, 1.54) is 12.8 Å². The Morgan fingerprint density at radius 3 is 1.86 bits per heavy atom. The SMILES string of the molecule is O=c1c([O-])c(-c2ccccc2)oc2ccccc12.[Br-].[CH2]CCC.[CH2]CCC.[Sn+2]. The van der Waals surface area contributed by atoms with E-state index in [-0.39, 0.29) is 46.6 Å². The Morgan fingerprint density at radius 2 is 1.36 bits per heavy atom. The Bertz CT molecular complexity index is 824. The van der Waals surface area contributed by atoms with Crippen LogP contribution in [0.1, 0.15) is 39.5 Å². The largest absolute Gasteiger partial charge is 2.00 e. The predicted molar refractivity (Wildman–Crippen MR) is 114 cm³/mol. The van der Waals surface area contributed by atoms with Crippen LogP contribution >= 0.6 is 0 Å². The number of hydrogen-bond acceptors (Lipinski definition) is 3. The van der Waals surface area contributed by atoms with Gasteiger partial charge in [0.1, 0.15) is 11.3 Å². The second-order valence-corrected chi connectivity index (χ2v) is 5.66. The smallest absolute Gasteiger partial charge is 1.00 e. The van der Waals surface area contributed by atoms with Gasteiger partial charge in [-0.25, -0.2) is 0 Å². The van der Waals surface area contributed by atoms with Crippen LogP contribution in [0.3, 0.4) is 0 Å². The third-order valence-electron chi connectivity index (χ3n) is 3.50. The van der Waals surface area contributed by atoms with Gasteiger partial charge in [0.05, 0.1) is 5.39 Å². The molecule has 0 atom stereocenters. The minimum Gasteiger partial charge on any atom is -1.00 e. The van der Waals surface area contributed by atoms with E-state index < -0.39 is 11.2 Å². The van der Waals surface area contributed by atoms with Gasteiger partial charge in [0.15, 0.2) is 5.43 Å². The molecule has 0 aliphatic carbocycles. The van der Waals surface area contributed by atoms with E-state index in [9.17, 15) is 9.90 Å². The maximum absolute atomic E-state index is 12.0. The fraction of sp³-hybridized carbons (Fsp3) is 0.261. The Kier molecular flexibility index (Phi) is 17.2. The summed E-state index contributed by atoms with van der Waals surface area (Å²) >= 11 is 0. The Morgan fingerprint density at radius 1 is 0.893 bits per heavy atom. The van der Waals surface area contributed by atoms with Gasteiger partial charge >= 0.3 is 23.9 Å². The Labute approximate surface area is 195 Å². The maximum atomic E-state index is 12.0. The third-order valence-corrected chi connectivity index (χ3v) is 3.50. The summed E-state index contributed by atoms with van der Waals surface area (Å²) in [6, 6.07) is 15.7. The summed E-state index contributed by atoms with van der Waals surface area (Å²) in [5.41, 5.74) is 0.530. The first-order valence-corrected chi connectivity index (χ1v) is 8.97. The summed E-state index contributed by atoms with van der Waals surface area (Å²) in [6.07, 6.45) is 4.56. The van der Waals surface area contributed by atoms with Gasteiger partial charge in [0.25, 0.3) is 0 Å². The van der Waals surface area contributed by atoms with Crippen molar-refractivity contribution in [3.63, 3.8) is 0 Å². The third kappa shape index (κ3) is 8.82. The van der Waals surface area contributed by atoms with Gasteiger partial charge < -0.3 is 26.5 Å². The number of unbranched alkanes of at least 4 members (excludes halogenated alkanes) is 2. The van der Waals surface area contributed by atoms with Crippen LogP contribution in [0.2, 0.25) is 0 Å². The zero-order chi connectivity index (χ0) is 19.4. The molecule has 1 heterocycles. The van der Waals surface area contributed by atoms with Crippen LogP contribution in [0.25, 0.3) is 22.3 Å². The fourth-order valence-electron chi connectivity index (χ4n) is 1.90. The quantitative estimate of drug-likeness (QED) is 0.472. The molecule has 3 rings (SSSR count). The number of fused-ring (bicyclic) bond motifs is 1. The molecule has 4 radical (unpaired) electrons. The van der Waals surface area contributed by atoms with Gasteiger partial charge in [-0.2, -0.15) is 0 Å². The van der Waals surface area contributed by atoms with E-state index in [2.05, 4.69) is 27.7 Å². The van der Waals surface area contributed by atoms with Crippen LogP contribution in [0.5, 0.6) is 5.75 Å². The van der Waals surface area contributed by atoms with Crippen LogP contribution in [0.15, 0.2) is 63.8 Å². The predicted octanol–water partition coefficient (Wildman–Crippen LogP) is 2.40. The molecule has 148 valence electrons. The number of para-hydroxylation sites is 1. The summed E-state index contributed by atoms with van der Waals surface area (Å²) in [7, 11) is 0. The van der Waals surface area contributed by atoms with E-state index in [1.54, 1.807) is 48.5 Å². The van der Waals surface area contributed by atoms with Crippen molar-refractivity contribution < 1.29 is 26.5 Å². The summed E-state index contributed by atoms with van der Waals surface area (Å²) < 4.78 is 5.55. The zero-order valence-electron chi connectivity index (χ0n) is 16.5. The molecule has 0 amide bonds. The van der Waals surface area contributed by atoms with Crippen molar-refractivity contribution in [3.05, 3.63) is 78.7 Å². The fourth-order valence-corrected chi connectivity index (χ4v) is 1.90. The number of rotatable bonds is 3. The van der Waals surface area contributed by atoms with Gasteiger partial charge in [-0.3, -0.25) is 4.79 Å². The van der Waals surface area contributed by atoms with Gasteiger partial charge in [0, 0.05) is 5.56 Å². The van der Waals surface area contributed by atoms with E-state index in [4.69, 9.17) is 4.42 Å². The summed E-state index contributed by atoms with van der Waals surface area (Å²) in [6.45, 7) is 11.4. The first-order chi connectivity index (χ1) is 12.6. The van der Waals surface area contributed by atoms with Gasteiger partial charge in [-0.15, -0.1) is 0 Å². The molecule has 0 bridgehead atoms. The molecule has 0 spiro atoms. The molecule has 0 fully saturated rings. The van der Waals surface area contributed by atoms with Gasteiger partial charge in [-0.1, -0.05) is 95.8 Å². The zero-order valence-corrected chi connectivity index (χ0v) is 21.0. The Hall–Kier alpha value is -1.27. The van der Waals surface area contributed by atoms with Crippen LogP contribution < -0.4 is 27.5 Å². The van der Waals surface area contributed by atoms with Crippen molar-refractivity contribution in [2.45, 2.75) is 39.5 Å². The molecule has 0 unspecified atom stereocenters. The molecule has 0 saturated carbocycles. The molecule has 0 aliphatic heterocycles. The van der Waals surface area contributed by atoms with E-state index in [0.717, 1.165) is 12.8 Å². The topological polar surface area (TPSA) is 53.3 Å². The second-order valence-electron chi connectivity index (χ2n) is 5.66. The van der Waals surface area contributed by atoms with Gasteiger partial charge in [0.2, 0.25) is 0 Å². The molecule has 28 heavy (non-hydrogen) atoms. The molecular weight excluding hydrogens is 523 g/mol. The van der Waals surface area contributed by atoms with E-state index in [1.807, 2.05) is 6.07 Å². The summed E-state index contributed by atoms with van der Waals surface area (Å²) in [5, 5.41) is 12.3. The average Bonchev–Trinajstić information content (AvgIpc) is 2.71. The number of benzene rings is 2. The summed E-state index contributed by atoms with van der Waals surface area (Å²) in [5.74, 6) is -0.501. The molecule has 0 aliphatic rings. The van der Waals surface area contributed by atoms with Crippen molar-refractivity contribution in [1.82, 2.24) is 0 Å². The second kappa shape index (κ2) is 16.7. The number of halogens is 1. The van der Waals surface area contributed by atoms with Crippen molar-refractivity contribution in [2.75, 3.05) is 0 Å².